The Morgan fingerprint density at radius 3 is 2.67 bits per heavy atom. The van der Waals surface area contributed by atoms with Gasteiger partial charge in [0.25, 0.3) is 11.7 Å². The second-order valence-corrected chi connectivity index (χ2v) is 8.93. The van der Waals surface area contributed by atoms with E-state index in [1.165, 1.54) is 6.20 Å². The molecule has 1 aliphatic heterocycles. The number of nitrogens with zero attached hydrogens (tertiary/aromatic N) is 7. The van der Waals surface area contributed by atoms with Crippen LogP contribution in [-0.4, -0.2) is 61.1 Å². The third-order valence-electron chi connectivity index (χ3n) is 6.13. The van der Waals surface area contributed by atoms with E-state index in [0.29, 0.717) is 58.8 Å². The molecule has 0 bridgehead atoms. The number of fused-ring (bicyclic) bond motifs is 1. The average molecular weight is 485 g/mol. The van der Waals surface area contributed by atoms with Crippen LogP contribution in [-0.2, 0) is 11.8 Å². The van der Waals surface area contributed by atoms with Gasteiger partial charge in [-0.1, -0.05) is 6.57 Å². The molecule has 1 saturated heterocycles. The Bertz CT molecular complexity index is 1500. The number of methoxy groups -OCH3 is 1. The van der Waals surface area contributed by atoms with Crippen LogP contribution in [0.2, 0.25) is 0 Å². The summed E-state index contributed by atoms with van der Waals surface area (Å²) in [6.45, 7) is 12.0. The third-order valence-corrected chi connectivity index (χ3v) is 6.13. The molecule has 1 amide bonds. The second-order valence-electron chi connectivity index (χ2n) is 8.93. The summed E-state index contributed by atoms with van der Waals surface area (Å²) in [5.41, 5.74) is 2.89. The predicted octanol–water partition coefficient (Wildman–Crippen LogP) is 4.01. The summed E-state index contributed by atoms with van der Waals surface area (Å²) >= 11 is 0. The van der Waals surface area contributed by atoms with Crippen LogP contribution >= 0.6 is 0 Å². The maximum Gasteiger partial charge on any atom is 0.269 e. The van der Waals surface area contributed by atoms with Crippen molar-refractivity contribution in [1.82, 2.24) is 29.4 Å². The summed E-state index contributed by atoms with van der Waals surface area (Å²) < 4.78 is 13.2. The van der Waals surface area contributed by atoms with Crippen molar-refractivity contribution in [3.63, 3.8) is 0 Å². The Kier molecular flexibility index (Phi) is 5.74. The lowest BCUT2D eigenvalue weighted by Gasteiger charge is -2.46. The Morgan fingerprint density at radius 2 is 2.00 bits per heavy atom. The maximum atomic E-state index is 12.7. The standard InChI is InChI=1S/C25H24N8O3/c1-15-8-20(26-3)28-11-18(15)36-21-9-17(22-23(31-21)32(4)14-29-22)30-19-7-6-16(10-27-19)24(34)33-12-25(2,13-33)35-5/h6-11,14H,12-13H2,1-2,4-5H3,(H,27,30,31). The van der Waals surface area contributed by atoms with Gasteiger partial charge in [0, 0.05) is 26.4 Å². The number of likely N-dealkylation sites (tertiary alicyclic amines) is 1. The minimum Gasteiger partial charge on any atom is -0.435 e. The number of hydrogen-bond acceptors (Lipinski definition) is 8. The van der Waals surface area contributed by atoms with Gasteiger partial charge in [-0.3, -0.25) is 4.79 Å². The molecule has 5 rings (SSSR count). The molecular weight excluding hydrogens is 460 g/mol. The van der Waals surface area contributed by atoms with Crippen molar-refractivity contribution in [2.24, 2.45) is 7.05 Å². The molecule has 0 radical (unpaired) electrons. The molecule has 0 unspecified atom stereocenters. The highest BCUT2D eigenvalue weighted by molar-refractivity contribution is 5.95. The lowest BCUT2D eigenvalue weighted by atomic mass is 9.95. The molecule has 0 spiro atoms. The number of ether oxygens (including phenoxy) is 2. The van der Waals surface area contributed by atoms with Crippen molar-refractivity contribution < 1.29 is 14.3 Å². The quantitative estimate of drug-likeness (QED) is 0.409. The maximum absolute atomic E-state index is 12.7. The van der Waals surface area contributed by atoms with E-state index in [4.69, 9.17) is 16.0 Å². The Morgan fingerprint density at radius 1 is 1.19 bits per heavy atom. The van der Waals surface area contributed by atoms with Crippen LogP contribution in [0, 0.1) is 13.5 Å². The summed E-state index contributed by atoms with van der Waals surface area (Å²) in [4.78, 5) is 35.3. The monoisotopic (exact) mass is 484 g/mol. The lowest BCUT2D eigenvalue weighted by Crippen LogP contribution is -2.62. The molecule has 0 aromatic carbocycles. The van der Waals surface area contributed by atoms with E-state index in [-0.39, 0.29) is 11.5 Å². The van der Waals surface area contributed by atoms with Gasteiger partial charge in [0.1, 0.15) is 16.9 Å². The molecule has 1 fully saturated rings. The first-order valence-corrected chi connectivity index (χ1v) is 11.2. The molecule has 11 nitrogen and oxygen atoms in total. The molecule has 0 aliphatic carbocycles. The molecule has 0 saturated carbocycles. The average Bonchev–Trinajstić information content (AvgIpc) is 3.24. The summed E-state index contributed by atoms with van der Waals surface area (Å²) in [6.07, 6.45) is 4.73. The fourth-order valence-corrected chi connectivity index (χ4v) is 3.98. The fourth-order valence-electron chi connectivity index (χ4n) is 3.98. The van der Waals surface area contributed by atoms with Gasteiger partial charge in [-0.05, 0) is 37.6 Å². The summed E-state index contributed by atoms with van der Waals surface area (Å²) in [7, 11) is 3.50. The number of aromatic nitrogens is 5. The van der Waals surface area contributed by atoms with E-state index >= 15 is 0 Å². The number of rotatable bonds is 6. The number of anilines is 2. The van der Waals surface area contributed by atoms with Crippen LogP contribution in [0.4, 0.5) is 17.3 Å². The predicted molar refractivity (Wildman–Crippen MR) is 133 cm³/mol. The van der Waals surface area contributed by atoms with Gasteiger partial charge >= 0.3 is 0 Å². The van der Waals surface area contributed by atoms with Crippen molar-refractivity contribution in [3.05, 3.63) is 65.5 Å². The zero-order valence-electron chi connectivity index (χ0n) is 20.3. The highest BCUT2D eigenvalue weighted by Gasteiger charge is 2.41. The number of carbonyl (C=O) groups excluding carboxylic acids is 1. The summed E-state index contributed by atoms with van der Waals surface area (Å²) in [5.74, 6) is 1.59. The van der Waals surface area contributed by atoms with Crippen molar-refractivity contribution in [2.75, 3.05) is 25.5 Å². The number of amides is 1. The zero-order chi connectivity index (χ0) is 25.4. The molecule has 0 atom stereocenters. The van der Waals surface area contributed by atoms with E-state index in [0.717, 1.165) is 5.56 Å². The van der Waals surface area contributed by atoms with E-state index in [1.54, 1.807) is 53.4 Å². The molecule has 4 aromatic rings. The topological polar surface area (TPSA) is 112 Å². The molecule has 11 heteroatoms. The van der Waals surface area contributed by atoms with Gasteiger partial charge in [-0.25, -0.2) is 9.97 Å². The van der Waals surface area contributed by atoms with Crippen molar-refractivity contribution in [3.8, 4) is 11.6 Å². The van der Waals surface area contributed by atoms with Gasteiger partial charge in [0.05, 0.1) is 30.7 Å². The highest BCUT2D eigenvalue weighted by Crippen LogP contribution is 2.32. The number of imidazole rings is 1. The van der Waals surface area contributed by atoms with Crippen LogP contribution < -0.4 is 10.1 Å². The minimum absolute atomic E-state index is 0.0801. The van der Waals surface area contributed by atoms with E-state index in [1.807, 2.05) is 20.9 Å². The van der Waals surface area contributed by atoms with Crippen LogP contribution in [0.15, 0.2) is 43.0 Å². The molecule has 182 valence electrons. The number of pyridine rings is 3. The number of hydrogen-bond donors (Lipinski definition) is 1. The lowest BCUT2D eigenvalue weighted by molar-refractivity contribution is -0.0947. The van der Waals surface area contributed by atoms with Crippen molar-refractivity contribution in [2.45, 2.75) is 19.4 Å². The first-order chi connectivity index (χ1) is 17.3. The van der Waals surface area contributed by atoms with Gasteiger partial charge in [-0.2, -0.15) is 4.98 Å². The molecule has 4 aromatic heterocycles. The second kappa shape index (κ2) is 8.90. The van der Waals surface area contributed by atoms with Gasteiger partial charge < -0.3 is 29.1 Å². The molecule has 1 N–H and O–H groups in total. The van der Waals surface area contributed by atoms with Crippen LogP contribution in [0.3, 0.4) is 0 Å². The van der Waals surface area contributed by atoms with Crippen molar-refractivity contribution in [1.29, 1.82) is 0 Å². The molecule has 36 heavy (non-hydrogen) atoms. The number of nitrogens with one attached hydrogen (secondary N) is 1. The Labute approximate surface area is 207 Å². The molecular formula is C25H24N8O3. The molecule has 1 aliphatic rings. The Hall–Kier alpha value is -4.56. The number of aryl methyl sites for hydroxylation is 2. The first kappa shape index (κ1) is 23.2. The SMILES string of the molecule is [C-]#[N+]c1cc(C)c(Oc2cc(Nc3ccc(C(=O)N4CC(C)(OC)C4)cn3)c3ncn(C)c3n2)cn1. The van der Waals surface area contributed by atoms with Gasteiger partial charge in [0.2, 0.25) is 5.88 Å². The van der Waals surface area contributed by atoms with Gasteiger partial charge in [0.15, 0.2) is 17.6 Å². The smallest absolute Gasteiger partial charge is 0.269 e. The van der Waals surface area contributed by atoms with E-state index in [2.05, 4.69) is 30.1 Å². The van der Waals surface area contributed by atoms with Crippen LogP contribution in [0.1, 0.15) is 22.8 Å². The first-order valence-electron chi connectivity index (χ1n) is 11.2. The third kappa shape index (κ3) is 4.30. The highest BCUT2D eigenvalue weighted by atomic mass is 16.5. The largest absolute Gasteiger partial charge is 0.435 e. The zero-order valence-corrected chi connectivity index (χ0v) is 20.3. The van der Waals surface area contributed by atoms with Gasteiger partial charge in [-0.15, -0.1) is 4.98 Å². The number of carbonyl (C=O) groups is 1. The summed E-state index contributed by atoms with van der Waals surface area (Å²) in [5, 5.41) is 3.26. The Balaban J connectivity index is 1.38. The van der Waals surface area contributed by atoms with Crippen molar-refractivity contribution >= 4 is 34.4 Å². The minimum atomic E-state index is -0.284. The normalized spacial score (nSPS) is 14.2. The van der Waals surface area contributed by atoms with E-state index < -0.39 is 0 Å². The summed E-state index contributed by atoms with van der Waals surface area (Å²) in [6, 6.07) is 6.87. The molecule has 5 heterocycles. The van der Waals surface area contributed by atoms with Crippen LogP contribution in [0.5, 0.6) is 11.6 Å². The van der Waals surface area contributed by atoms with Crippen LogP contribution in [0.25, 0.3) is 16.0 Å². The van der Waals surface area contributed by atoms with E-state index in [9.17, 15) is 4.79 Å². The fraction of sp³-hybridized carbons (Fsp3) is 0.280.